The molecule has 0 fully saturated rings. The molecule has 0 spiro atoms. The van der Waals surface area contributed by atoms with Crippen molar-refractivity contribution in [2.45, 2.75) is 26.1 Å². The molecule has 0 saturated heterocycles. The molecule has 2 aromatic carbocycles. The maximum atomic E-state index is 11.5. The highest BCUT2D eigenvalue weighted by molar-refractivity contribution is 6.35. The highest BCUT2D eigenvalue weighted by Crippen LogP contribution is 2.34. The lowest BCUT2D eigenvalue weighted by Gasteiger charge is -2.12. The Kier molecular flexibility index (Phi) is 5.46. The standard InChI is InChI=1S/C16H18ClNO4/c1-2-11(19)8-18-16(21)22-9-10-7-14(17)12-5-3-4-6-13(12)15(10)20/h3-7,11,19-20H,2,8-9H2,1H3,(H,18,21)/t11-/m0/s1. The third-order valence-electron chi connectivity index (χ3n) is 3.36. The molecule has 0 aliphatic heterocycles. The molecule has 118 valence electrons. The normalized spacial score (nSPS) is 12.1. The van der Waals surface area contributed by atoms with Crippen LogP contribution in [-0.2, 0) is 11.3 Å². The van der Waals surface area contributed by atoms with E-state index in [1.54, 1.807) is 24.3 Å². The van der Waals surface area contributed by atoms with Gasteiger partial charge < -0.3 is 20.3 Å². The number of alkyl carbamates (subject to hydrolysis) is 1. The fourth-order valence-electron chi connectivity index (χ4n) is 2.02. The van der Waals surface area contributed by atoms with Crippen molar-refractivity contribution in [3.8, 4) is 5.75 Å². The topological polar surface area (TPSA) is 78.8 Å². The van der Waals surface area contributed by atoms with Gasteiger partial charge in [0.25, 0.3) is 0 Å². The summed E-state index contributed by atoms with van der Waals surface area (Å²) in [4.78, 5) is 11.5. The quantitative estimate of drug-likeness (QED) is 0.789. The first-order chi connectivity index (χ1) is 10.5. The molecular weight excluding hydrogens is 306 g/mol. The van der Waals surface area contributed by atoms with Crippen molar-refractivity contribution in [3.63, 3.8) is 0 Å². The summed E-state index contributed by atoms with van der Waals surface area (Å²) in [7, 11) is 0. The second kappa shape index (κ2) is 7.33. The van der Waals surface area contributed by atoms with Gasteiger partial charge in [0, 0.05) is 27.9 Å². The van der Waals surface area contributed by atoms with Gasteiger partial charge in [0.15, 0.2) is 0 Å². The van der Waals surface area contributed by atoms with Crippen molar-refractivity contribution in [3.05, 3.63) is 40.9 Å². The van der Waals surface area contributed by atoms with E-state index in [1.165, 1.54) is 0 Å². The van der Waals surface area contributed by atoms with E-state index >= 15 is 0 Å². The number of halogens is 1. The summed E-state index contributed by atoms with van der Waals surface area (Å²) in [5.41, 5.74) is 0.426. The fourth-order valence-corrected chi connectivity index (χ4v) is 2.32. The molecule has 0 unspecified atom stereocenters. The Hall–Kier alpha value is -1.98. The summed E-state index contributed by atoms with van der Waals surface area (Å²) < 4.78 is 5.03. The Bertz CT molecular complexity index is 674. The minimum Gasteiger partial charge on any atom is -0.507 e. The number of hydrogen-bond donors (Lipinski definition) is 3. The van der Waals surface area contributed by atoms with Crippen molar-refractivity contribution in [1.29, 1.82) is 0 Å². The van der Waals surface area contributed by atoms with Crippen LogP contribution in [0, 0.1) is 0 Å². The number of fused-ring (bicyclic) bond motifs is 1. The molecule has 3 N–H and O–H groups in total. The zero-order valence-corrected chi connectivity index (χ0v) is 12.9. The summed E-state index contributed by atoms with van der Waals surface area (Å²) in [6, 6.07) is 8.75. The van der Waals surface area contributed by atoms with Crippen LogP contribution in [0.4, 0.5) is 4.79 Å². The number of rotatable bonds is 5. The van der Waals surface area contributed by atoms with Crippen LogP contribution in [0.5, 0.6) is 5.75 Å². The maximum absolute atomic E-state index is 11.5. The summed E-state index contributed by atoms with van der Waals surface area (Å²) in [6.07, 6.45) is -0.714. The van der Waals surface area contributed by atoms with Gasteiger partial charge in [0.1, 0.15) is 12.4 Å². The van der Waals surface area contributed by atoms with E-state index in [-0.39, 0.29) is 18.9 Å². The van der Waals surface area contributed by atoms with Crippen LogP contribution in [0.25, 0.3) is 10.8 Å². The molecule has 1 amide bonds. The van der Waals surface area contributed by atoms with Crippen LogP contribution >= 0.6 is 11.6 Å². The third-order valence-corrected chi connectivity index (χ3v) is 3.67. The maximum Gasteiger partial charge on any atom is 0.407 e. The summed E-state index contributed by atoms with van der Waals surface area (Å²) in [5, 5.41) is 23.9. The fraction of sp³-hybridized carbons (Fsp3) is 0.312. The Labute approximate surface area is 133 Å². The van der Waals surface area contributed by atoms with Crippen molar-refractivity contribution in [2.24, 2.45) is 0 Å². The van der Waals surface area contributed by atoms with E-state index < -0.39 is 12.2 Å². The molecule has 0 aliphatic rings. The van der Waals surface area contributed by atoms with E-state index in [0.717, 1.165) is 5.39 Å². The van der Waals surface area contributed by atoms with Gasteiger partial charge in [-0.05, 0) is 12.5 Å². The van der Waals surface area contributed by atoms with Crippen LogP contribution in [0.2, 0.25) is 5.02 Å². The van der Waals surface area contributed by atoms with E-state index in [9.17, 15) is 15.0 Å². The molecule has 0 radical (unpaired) electrons. The minimum atomic E-state index is -0.656. The molecule has 2 aromatic rings. The van der Waals surface area contributed by atoms with Crippen LogP contribution < -0.4 is 5.32 Å². The lowest BCUT2D eigenvalue weighted by molar-refractivity contribution is 0.124. The molecule has 22 heavy (non-hydrogen) atoms. The highest BCUT2D eigenvalue weighted by atomic mass is 35.5. The number of phenols is 1. The van der Waals surface area contributed by atoms with Crippen molar-refractivity contribution in [1.82, 2.24) is 5.32 Å². The van der Waals surface area contributed by atoms with Crippen LogP contribution in [-0.4, -0.2) is 29.0 Å². The number of aliphatic hydroxyl groups excluding tert-OH is 1. The predicted molar refractivity (Wildman–Crippen MR) is 85.1 cm³/mol. The average molecular weight is 324 g/mol. The number of aliphatic hydroxyl groups is 1. The van der Waals surface area contributed by atoms with Crippen molar-refractivity contribution in [2.75, 3.05) is 6.54 Å². The number of carbonyl (C=O) groups excluding carboxylic acids is 1. The first-order valence-corrected chi connectivity index (χ1v) is 7.38. The average Bonchev–Trinajstić information content (AvgIpc) is 2.54. The summed E-state index contributed by atoms with van der Waals surface area (Å²) in [5.74, 6) is 0.0430. The number of aromatic hydroxyl groups is 1. The molecule has 1 atom stereocenters. The van der Waals surface area contributed by atoms with E-state index in [2.05, 4.69) is 5.32 Å². The van der Waals surface area contributed by atoms with Gasteiger partial charge in [-0.15, -0.1) is 0 Å². The predicted octanol–water partition coefficient (Wildman–Crippen LogP) is 3.20. The monoisotopic (exact) mass is 323 g/mol. The largest absolute Gasteiger partial charge is 0.507 e. The molecule has 0 heterocycles. The zero-order valence-electron chi connectivity index (χ0n) is 12.2. The summed E-state index contributed by atoms with van der Waals surface area (Å²) in [6.45, 7) is 1.83. The molecule has 2 rings (SSSR count). The van der Waals surface area contributed by atoms with Crippen molar-refractivity contribution < 1.29 is 19.7 Å². The number of nitrogens with one attached hydrogen (secondary N) is 1. The van der Waals surface area contributed by atoms with E-state index in [0.29, 0.717) is 22.4 Å². The highest BCUT2D eigenvalue weighted by Gasteiger charge is 2.12. The lowest BCUT2D eigenvalue weighted by atomic mass is 10.1. The first kappa shape index (κ1) is 16.4. The van der Waals surface area contributed by atoms with Gasteiger partial charge in [-0.25, -0.2) is 4.79 Å². The lowest BCUT2D eigenvalue weighted by Crippen LogP contribution is -2.32. The van der Waals surface area contributed by atoms with E-state index in [4.69, 9.17) is 16.3 Å². The minimum absolute atomic E-state index is 0.0430. The van der Waals surface area contributed by atoms with Gasteiger partial charge in [-0.1, -0.05) is 42.8 Å². The second-order valence-electron chi connectivity index (χ2n) is 4.93. The molecule has 0 aliphatic carbocycles. The third kappa shape index (κ3) is 3.81. The molecule has 0 bridgehead atoms. The number of ether oxygens (including phenoxy) is 1. The van der Waals surface area contributed by atoms with Crippen LogP contribution in [0.3, 0.4) is 0 Å². The van der Waals surface area contributed by atoms with Crippen LogP contribution in [0.1, 0.15) is 18.9 Å². The molecule has 0 saturated carbocycles. The van der Waals surface area contributed by atoms with E-state index in [1.807, 2.05) is 13.0 Å². The Balaban J connectivity index is 2.06. The number of hydrogen-bond acceptors (Lipinski definition) is 4. The second-order valence-corrected chi connectivity index (χ2v) is 5.34. The van der Waals surface area contributed by atoms with Crippen molar-refractivity contribution >= 4 is 28.5 Å². The van der Waals surface area contributed by atoms with Crippen LogP contribution in [0.15, 0.2) is 30.3 Å². The number of benzene rings is 2. The SMILES string of the molecule is CC[C@H](O)CNC(=O)OCc1cc(Cl)c2ccccc2c1O. The van der Waals surface area contributed by atoms with Gasteiger partial charge in [-0.2, -0.15) is 0 Å². The summed E-state index contributed by atoms with van der Waals surface area (Å²) >= 11 is 6.17. The number of amides is 1. The Morgan fingerprint density at radius 1 is 1.36 bits per heavy atom. The molecule has 5 nitrogen and oxygen atoms in total. The number of carbonyl (C=O) groups is 1. The Morgan fingerprint density at radius 3 is 2.73 bits per heavy atom. The molecule has 6 heteroatoms. The smallest absolute Gasteiger partial charge is 0.407 e. The zero-order chi connectivity index (χ0) is 16.1. The molecular formula is C16H18ClNO4. The van der Waals surface area contributed by atoms with Gasteiger partial charge in [0.2, 0.25) is 0 Å². The first-order valence-electron chi connectivity index (χ1n) is 7.00. The Morgan fingerprint density at radius 2 is 2.05 bits per heavy atom. The number of phenolic OH excluding ortho intramolecular Hbond substituents is 1. The molecule has 0 aromatic heterocycles. The van der Waals surface area contributed by atoms with Gasteiger partial charge in [0.05, 0.1) is 6.10 Å². The van der Waals surface area contributed by atoms with Gasteiger partial charge >= 0.3 is 6.09 Å². The van der Waals surface area contributed by atoms with Gasteiger partial charge in [-0.3, -0.25) is 0 Å².